The number of halogens is 3. The molecule has 18 heavy (non-hydrogen) atoms. The number of aryl methyl sites for hydroxylation is 1. The number of rotatable bonds is 1. The van der Waals surface area contributed by atoms with Crippen LogP contribution in [0.1, 0.15) is 31.9 Å². The SMILES string of the molecule is Cc1ccc(OC(=O)C(F)(F)F)c(C(C)(C)C)c1. The van der Waals surface area contributed by atoms with Gasteiger partial charge in [0.05, 0.1) is 0 Å². The Morgan fingerprint density at radius 2 is 1.72 bits per heavy atom. The maximum absolute atomic E-state index is 12.2. The van der Waals surface area contributed by atoms with Crippen molar-refractivity contribution in [1.29, 1.82) is 0 Å². The number of hydrogen-bond acceptors (Lipinski definition) is 2. The Morgan fingerprint density at radius 1 is 1.17 bits per heavy atom. The summed E-state index contributed by atoms with van der Waals surface area (Å²) in [5.74, 6) is -2.24. The van der Waals surface area contributed by atoms with Crippen LogP contribution in [-0.2, 0) is 10.2 Å². The summed E-state index contributed by atoms with van der Waals surface area (Å²) < 4.78 is 40.9. The summed E-state index contributed by atoms with van der Waals surface area (Å²) >= 11 is 0. The Labute approximate surface area is 104 Å². The summed E-state index contributed by atoms with van der Waals surface area (Å²) in [5, 5.41) is 0. The van der Waals surface area contributed by atoms with Gasteiger partial charge in [0.2, 0.25) is 0 Å². The van der Waals surface area contributed by atoms with E-state index < -0.39 is 17.6 Å². The molecular weight excluding hydrogens is 245 g/mol. The number of carbonyl (C=O) groups is 1. The highest BCUT2D eigenvalue weighted by Crippen LogP contribution is 2.33. The first-order valence-electron chi connectivity index (χ1n) is 5.42. The molecule has 0 bridgehead atoms. The average molecular weight is 260 g/mol. The Hall–Kier alpha value is -1.52. The molecule has 0 amide bonds. The predicted molar refractivity (Wildman–Crippen MR) is 61.6 cm³/mol. The Morgan fingerprint density at radius 3 is 2.17 bits per heavy atom. The second-order valence-corrected chi connectivity index (χ2v) is 5.14. The second kappa shape index (κ2) is 4.63. The zero-order chi connectivity index (χ0) is 14.1. The van der Waals surface area contributed by atoms with E-state index in [-0.39, 0.29) is 5.75 Å². The molecule has 0 saturated heterocycles. The van der Waals surface area contributed by atoms with Gasteiger partial charge >= 0.3 is 12.1 Å². The molecule has 2 nitrogen and oxygen atoms in total. The van der Waals surface area contributed by atoms with Crippen molar-refractivity contribution in [3.63, 3.8) is 0 Å². The lowest BCUT2D eigenvalue weighted by Gasteiger charge is -2.23. The molecule has 0 radical (unpaired) electrons. The first kappa shape index (κ1) is 14.5. The van der Waals surface area contributed by atoms with Crippen LogP contribution in [0, 0.1) is 6.92 Å². The van der Waals surface area contributed by atoms with Crippen molar-refractivity contribution >= 4 is 5.97 Å². The lowest BCUT2D eigenvalue weighted by Crippen LogP contribution is -2.29. The first-order valence-corrected chi connectivity index (χ1v) is 5.42. The molecule has 0 aliphatic heterocycles. The highest BCUT2D eigenvalue weighted by molar-refractivity contribution is 5.78. The zero-order valence-electron chi connectivity index (χ0n) is 10.7. The van der Waals surface area contributed by atoms with E-state index in [0.29, 0.717) is 5.56 Å². The van der Waals surface area contributed by atoms with Gasteiger partial charge in [-0.15, -0.1) is 0 Å². The summed E-state index contributed by atoms with van der Waals surface area (Å²) in [6, 6.07) is 4.72. The van der Waals surface area contributed by atoms with Crippen LogP contribution < -0.4 is 4.74 Å². The third-order valence-electron chi connectivity index (χ3n) is 2.38. The highest BCUT2D eigenvalue weighted by atomic mass is 19.4. The molecular formula is C13H15F3O2. The van der Waals surface area contributed by atoms with Gasteiger partial charge in [-0.3, -0.25) is 0 Å². The van der Waals surface area contributed by atoms with Gasteiger partial charge in [0.15, 0.2) is 0 Å². The maximum atomic E-state index is 12.2. The molecule has 0 aliphatic carbocycles. The van der Waals surface area contributed by atoms with Crippen molar-refractivity contribution in [3.05, 3.63) is 29.3 Å². The molecule has 100 valence electrons. The third kappa shape index (κ3) is 3.48. The van der Waals surface area contributed by atoms with E-state index in [4.69, 9.17) is 0 Å². The topological polar surface area (TPSA) is 26.3 Å². The average Bonchev–Trinajstić information content (AvgIpc) is 2.17. The molecule has 0 aromatic heterocycles. The van der Waals surface area contributed by atoms with E-state index in [9.17, 15) is 18.0 Å². The van der Waals surface area contributed by atoms with Crippen molar-refractivity contribution in [2.24, 2.45) is 0 Å². The van der Waals surface area contributed by atoms with E-state index in [0.717, 1.165) is 5.56 Å². The van der Waals surface area contributed by atoms with Crippen LogP contribution in [0.3, 0.4) is 0 Å². The molecule has 1 aromatic carbocycles. The molecule has 0 atom stereocenters. The standard InChI is InChI=1S/C13H15F3O2/c1-8-5-6-10(9(7-8)12(2,3)4)18-11(17)13(14,15)16/h5-7H,1-4H3. The fourth-order valence-electron chi connectivity index (χ4n) is 1.48. The van der Waals surface area contributed by atoms with Crippen molar-refractivity contribution < 1.29 is 22.7 Å². The predicted octanol–water partition coefficient (Wildman–Crippen LogP) is 3.76. The van der Waals surface area contributed by atoms with E-state index in [1.54, 1.807) is 12.1 Å². The Bertz CT molecular complexity index is 456. The fourth-order valence-corrected chi connectivity index (χ4v) is 1.48. The summed E-state index contributed by atoms with van der Waals surface area (Å²) in [7, 11) is 0. The molecule has 0 saturated carbocycles. The number of benzene rings is 1. The molecule has 5 heteroatoms. The third-order valence-corrected chi connectivity index (χ3v) is 2.38. The molecule has 0 aliphatic rings. The normalized spacial score (nSPS) is 12.4. The van der Waals surface area contributed by atoms with E-state index >= 15 is 0 Å². The minimum Gasteiger partial charge on any atom is -0.420 e. The molecule has 0 unspecified atom stereocenters. The minimum atomic E-state index is -4.99. The Kier molecular flexibility index (Phi) is 3.74. The minimum absolute atomic E-state index is 0.0459. The van der Waals surface area contributed by atoms with Crippen LogP contribution in [0.2, 0.25) is 0 Å². The molecule has 1 rings (SSSR count). The van der Waals surface area contributed by atoms with Gasteiger partial charge in [0.1, 0.15) is 5.75 Å². The second-order valence-electron chi connectivity index (χ2n) is 5.14. The van der Waals surface area contributed by atoms with Crippen molar-refractivity contribution in [3.8, 4) is 5.75 Å². The maximum Gasteiger partial charge on any atom is 0.491 e. The largest absolute Gasteiger partial charge is 0.491 e. The van der Waals surface area contributed by atoms with E-state index in [2.05, 4.69) is 4.74 Å². The van der Waals surface area contributed by atoms with Gasteiger partial charge in [-0.2, -0.15) is 13.2 Å². The molecule has 1 aromatic rings. The lowest BCUT2D eigenvalue weighted by atomic mass is 9.85. The van der Waals surface area contributed by atoms with Gasteiger partial charge < -0.3 is 4.74 Å². The van der Waals surface area contributed by atoms with Gasteiger partial charge in [0, 0.05) is 5.56 Å². The lowest BCUT2D eigenvalue weighted by molar-refractivity contribution is -0.189. The van der Waals surface area contributed by atoms with Crippen LogP contribution >= 0.6 is 0 Å². The van der Waals surface area contributed by atoms with Crippen molar-refractivity contribution in [2.75, 3.05) is 0 Å². The monoisotopic (exact) mass is 260 g/mol. The Balaban J connectivity index is 3.14. The van der Waals surface area contributed by atoms with Crippen LogP contribution in [0.4, 0.5) is 13.2 Å². The van der Waals surface area contributed by atoms with Crippen LogP contribution in [-0.4, -0.2) is 12.1 Å². The van der Waals surface area contributed by atoms with Crippen LogP contribution in [0.25, 0.3) is 0 Å². The number of ether oxygens (including phenoxy) is 1. The van der Waals surface area contributed by atoms with E-state index in [1.807, 2.05) is 27.7 Å². The van der Waals surface area contributed by atoms with Gasteiger partial charge in [-0.05, 0) is 18.4 Å². The smallest absolute Gasteiger partial charge is 0.420 e. The quantitative estimate of drug-likeness (QED) is 0.567. The summed E-state index contributed by atoms with van der Waals surface area (Å²) in [6.45, 7) is 7.34. The fraction of sp³-hybridized carbons (Fsp3) is 0.462. The van der Waals surface area contributed by atoms with Crippen LogP contribution in [0.15, 0.2) is 18.2 Å². The summed E-state index contributed by atoms with van der Waals surface area (Å²) in [6.07, 6.45) is -4.99. The van der Waals surface area contributed by atoms with E-state index in [1.165, 1.54) is 6.07 Å². The molecule has 0 heterocycles. The molecule has 0 N–H and O–H groups in total. The first-order chi connectivity index (χ1) is 8.01. The highest BCUT2D eigenvalue weighted by Gasteiger charge is 2.42. The van der Waals surface area contributed by atoms with Gasteiger partial charge in [0.25, 0.3) is 0 Å². The zero-order valence-corrected chi connectivity index (χ0v) is 10.7. The number of alkyl halides is 3. The summed E-state index contributed by atoms with van der Waals surface area (Å²) in [5.41, 5.74) is 1.06. The van der Waals surface area contributed by atoms with Gasteiger partial charge in [-0.25, -0.2) is 4.79 Å². The van der Waals surface area contributed by atoms with Crippen molar-refractivity contribution in [2.45, 2.75) is 39.3 Å². The van der Waals surface area contributed by atoms with Crippen molar-refractivity contribution in [1.82, 2.24) is 0 Å². The molecule has 0 spiro atoms. The number of esters is 1. The number of carbonyl (C=O) groups excluding carboxylic acids is 1. The molecule has 0 fully saturated rings. The van der Waals surface area contributed by atoms with Crippen LogP contribution in [0.5, 0.6) is 5.75 Å². The van der Waals surface area contributed by atoms with Gasteiger partial charge in [-0.1, -0.05) is 38.5 Å². The summed E-state index contributed by atoms with van der Waals surface area (Å²) in [4.78, 5) is 10.9. The number of hydrogen-bond donors (Lipinski definition) is 0.